The molecular formula is C17H30N2O. The Bertz CT molecular complexity index is 393. The molecule has 0 atom stereocenters. The van der Waals surface area contributed by atoms with Crippen LogP contribution >= 0.6 is 0 Å². The summed E-state index contributed by atoms with van der Waals surface area (Å²) in [7, 11) is 0. The molecule has 1 fully saturated rings. The van der Waals surface area contributed by atoms with Crippen LogP contribution in [0.5, 0.6) is 0 Å². The smallest absolute Gasteiger partial charge is 0.118 e. The van der Waals surface area contributed by atoms with Crippen LogP contribution in [0.2, 0.25) is 0 Å². The summed E-state index contributed by atoms with van der Waals surface area (Å²) in [5.41, 5.74) is 0. The summed E-state index contributed by atoms with van der Waals surface area (Å²) in [6.45, 7) is 11.9. The van der Waals surface area contributed by atoms with Gasteiger partial charge in [0.05, 0.1) is 13.1 Å². The lowest BCUT2D eigenvalue weighted by Crippen LogP contribution is -2.27. The van der Waals surface area contributed by atoms with E-state index in [0.29, 0.717) is 6.04 Å². The highest BCUT2D eigenvalue weighted by Gasteiger charge is 2.29. The van der Waals surface area contributed by atoms with Gasteiger partial charge in [-0.05, 0) is 43.9 Å². The normalized spacial score (nSPS) is 15.8. The highest BCUT2D eigenvalue weighted by molar-refractivity contribution is 5.07. The fourth-order valence-electron chi connectivity index (χ4n) is 2.36. The molecule has 3 nitrogen and oxygen atoms in total. The van der Waals surface area contributed by atoms with E-state index in [1.165, 1.54) is 25.8 Å². The minimum Gasteiger partial charge on any atom is -0.463 e. The first-order chi connectivity index (χ1) is 9.54. The molecule has 1 N–H and O–H groups in total. The molecule has 0 saturated heterocycles. The third-order valence-corrected chi connectivity index (χ3v) is 3.82. The molecule has 3 heteroatoms. The molecule has 0 unspecified atom stereocenters. The van der Waals surface area contributed by atoms with Crippen LogP contribution in [-0.4, -0.2) is 23.5 Å². The average molecular weight is 278 g/mol. The summed E-state index contributed by atoms with van der Waals surface area (Å²) in [5.74, 6) is 2.94. The maximum absolute atomic E-state index is 5.95. The zero-order chi connectivity index (χ0) is 14.5. The Labute approximate surface area is 123 Å². The highest BCUT2D eigenvalue weighted by Crippen LogP contribution is 2.29. The van der Waals surface area contributed by atoms with Crippen molar-refractivity contribution < 1.29 is 4.42 Å². The van der Waals surface area contributed by atoms with E-state index in [1.807, 2.05) is 0 Å². The molecule has 20 heavy (non-hydrogen) atoms. The Morgan fingerprint density at radius 3 is 2.50 bits per heavy atom. The van der Waals surface area contributed by atoms with Gasteiger partial charge in [0, 0.05) is 12.1 Å². The third-order valence-electron chi connectivity index (χ3n) is 3.82. The molecule has 1 aromatic rings. The van der Waals surface area contributed by atoms with Crippen molar-refractivity contribution in [3.63, 3.8) is 0 Å². The van der Waals surface area contributed by atoms with Crippen LogP contribution in [0.25, 0.3) is 0 Å². The second-order valence-electron chi connectivity index (χ2n) is 6.79. The highest BCUT2D eigenvalue weighted by atomic mass is 16.3. The second kappa shape index (κ2) is 7.28. The first-order valence-corrected chi connectivity index (χ1v) is 8.09. The first-order valence-electron chi connectivity index (χ1n) is 8.09. The Hall–Kier alpha value is -0.800. The molecule has 1 aliphatic carbocycles. The summed E-state index contributed by atoms with van der Waals surface area (Å²) in [5, 5.41) is 3.40. The molecule has 0 spiro atoms. The van der Waals surface area contributed by atoms with E-state index in [4.69, 9.17) is 4.42 Å². The summed E-state index contributed by atoms with van der Waals surface area (Å²) in [6.07, 6.45) is 4.00. The van der Waals surface area contributed by atoms with Crippen molar-refractivity contribution in [3.8, 4) is 0 Å². The van der Waals surface area contributed by atoms with Crippen molar-refractivity contribution in [1.82, 2.24) is 10.2 Å². The molecule has 0 amide bonds. The quantitative estimate of drug-likeness (QED) is 0.745. The van der Waals surface area contributed by atoms with Gasteiger partial charge in [0.1, 0.15) is 11.5 Å². The molecule has 0 aromatic carbocycles. The van der Waals surface area contributed by atoms with Gasteiger partial charge < -0.3 is 9.73 Å². The van der Waals surface area contributed by atoms with E-state index in [1.54, 1.807) is 0 Å². The number of hydrogen-bond donors (Lipinski definition) is 1. The van der Waals surface area contributed by atoms with Gasteiger partial charge in [-0.2, -0.15) is 0 Å². The number of nitrogens with zero attached hydrogens (tertiary/aromatic N) is 1. The molecule has 0 radical (unpaired) electrons. The Balaban J connectivity index is 1.83. The lowest BCUT2D eigenvalue weighted by Gasteiger charge is -2.21. The first kappa shape index (κ1) is 15.6. The van der Waals surface area contributed by atoms with E-state index in [9.17, 15) is 0 Å². The van der Waals surface area contributed by atoms with E-state index in [-0.39, 0.29) is 0 Å². The van der Waals surface area contributed by atoms with Gasteiger partial charge in [-0.3, -0.25) is 4.90 Å². The van der Waals surface area contributed by atoms with Crippen molar-refractivity contribution in [2.45, 2.75) is 72.1 Å². The standard InChI is InChI=1S/C17H30N2O/c1-13(2)9-10-19(15-5-6-15)12-17-8-7-16(20-17)11-18-14(3)4/h7-8,13-15,18H,5-6,9-12H2,1-4H3. The Kier molecular flexibility index (Phi) is 5.67. The summed E-state index contributed by atoms with van der Waals surface area (Å²) < 4.78 is 5.95. The zero-order valence-corrected chi connectivity index (χ0v) is 13.5. The second-order valence-corrected chi connectivity index (χ2v) is 6.79. The van der Waals surface area contributed by atoms with Gasteiger partial charge in [-0.15, -0.1) is 0 Å². The molecule has 114 valence electrons. The number of hydrogen-bond acceptors (Lipinski definition) is 3. The summed E-state index contributed by atoms with van der Waals surface area (Å²) >= 11 is 0. The van der Waals surface area contributed by atoms with Gasteiger partial charge in [0.15, 0.2) is 0 Å². The monoisotopic (exact) mass is 278 g/mol. The van der Waals surface area contributed by atoms with Crippen LogP contribution in [0.15, 0.2) is 16.5 Å². The molecule has 1 aromatic heterocycles. The van der Waals surface area contributed by atoms with Crippen molar-refractivity contribution in [3.05, 3.63) is 23.7 Å². The maximum atomic E-state index is 5.95. The van der Waals surface area contributed by atoms with Crippen LogP contribution in [0.1, 0.15) is 58.5 Å². The Morgan fingerprint density at radius 2 is 1.90 bits per heavy atom. The lowest BCUT2D eigenvalue weighted by molar-refractivity contribution is 0.218. The third kappa shape index (κ3) is 5.29. The van der Waals surface area contributed by atoms with E-state index in [0.717, 1.165) is 36.6 Å². The molecule has 1 heterocycles. The van der Waals surface area contributed by atoms with Crippen LogP contribution in [-0.2, 0) is 13.1 Å². The van der Waals surface area contributed by atoms with Crippen LogP contribution in [0.3, 0.4) is 0 Å². The predicted molar refractivity (Wildman–Crippen MR) is 83.6 cm³/mol. The van der Waals surface area contributed by atoms with Crippen LogP contribution < -0.4 is 5.32 Å². The minimum absolute atomic E-state index is 0.498. The van der Waals surface area contributed by atoms with Crippen molar-refractivity contribution in [2.24, 2.45) is 5.92 Å². The number of nitrogens with one attached hydrogen (secondary N) is 1. The predicted octanol–water partition coefficient (Wildman–Crippen LogP) is 3.79. The van der Waals surface area contributed by atoms with Gasteiger partial charge >= 0.3 is 0 Å². The van der Waals surface area contributed by atoms with E-state index in [2.05, 4.69) is 50.0 Å². The molecule has 0 bridgehead atoms. The van der Waals surface area contributed by atoms with Gasteiger partial charge in [0.25, 0.3) is 0 Å². The topological polar surface area (TPSA) is 28.4 Å². The van der Waals surface area contributed by atoms with Crippen LogP contribution in [0.4, 0.5) is 0 Å². The van der Waals surface area contributed by atoms with E-state index < -0.39 is 0 Å². The van der Waals surface area contributed by atoms with Gasteiger partial charge in [0.2, 0.25) is 0 Å². The molecule has 2 rings (SSSR count). The molecule has 0 aliphatic heterocycles. The fourth-order valence-corrected chi connectivity index (χ4v) is 2.36. The molecule has 1 aliphatic rings. The summed E-state index contributed by atoms with van der Waals surface area (Å²) in [6, 6.07) is 5.55. The van der Waals surface area contributed by atoms with Gasteiger partial charge in [-0.25, -0.2) is 0 Å². The van der Waals surface area contributed by atoms with E-state index >= 15 is 0 Å². The number of furan rings is 1. The van der Waals surface area contributed by atoms with Crippen molar-refractivity contribution >= 4 is 0 Å². The van der Waals surface area contributed by atoms with Crippen molar-refractivity contribution in [2.75, 3.05) is 6.54 Å². The minimum atomic E-state index is 0.498. The Morgan fingerprint density at radius 1 is 1.20 bits per heavy atom. The largest absolute Gasteiger partial charge is 0.463 e. The molecular weight excluding hydrogens is 248 g/mol. The SMILES string of the molecule is CC(C)CCN(Cc1ccc(CNC(C)C)o1)C1CC1. The van der Waals surface area contributed by atoms with Crippen molar-refractivity contribution in [1.29, 1.82) is 0 Å². The molecule has 1 saturated carbocycles. The number of rotatable bonds is 9. The fraction of sp³-hybridized carbons (Fsp3) is 0.765. The summed E-state index contributed by atoms with van der Waals surface area (Å²) in [4.78, 5) is 2.60. The average Bonchev–Trinajstić information content (AvgIpc) is 3.12. The van der Waals surface area contributed by atoms with Gasteiger partial charge in [-0.1, -0.05) is 27.7 Å². The maximum Gasteiger partial charge on any atom is 0.118 e. The van der Waals surface area contributed by atoms with Crippen LogP contribution in [0, 0.1) is 5.92 Å². The lowest BCUT2D eigenvalue weighted by atomic mass is 10.1. The zero-order valence-electron chi connectivity index (χ0n) is 13.5.